The molecule has 86 valence electrons. The van der Waals surface area contributed by atoms with Crippen molar-refractivity contribution in [2.45, 2.75) is 6.42 Å². The molecule has 0 saturated heterocycles. The molecule has 0 amide bonds. The van der Waals surface area contributed by atoms with Crippen molar-refractivity contribution in [1.29, 1.82) is 0 Å². The summed E-state index contributed by atoms with van der Waals surface area (Å²) in [5.74, 6) is -0.839. The number of nitrogens with two attached hydrogens (primary N) is 1. The fraction of sp³-hybridized carbons (Fsp3) is 0.0714. The van der Waals surface area contributed by atoms with Gasteiger partial charge < -0.3 is 10.8 Å². The van der Waals surface area contributed by atoms with Gasteiger partial charge in [0.15, 0.2) is 0 Å². The monoisotopic (exact) mass is 227 g/mol. The summed E-state index contributed by atoms with van der Waals surface area (Å²) >= 11 is 0. The number of rotatable bonds is 3. The summed E-state index contributed by atoms with van der Waals surface area (Å²) in [6.45, 7) is 0. The van der Waals surface area contributed by atoms with Crippen molar-refractivity contribution in [3.8, 4) is 11.1 Å². The van der Waals surface area contributed by atoms with Gasteiger partial charge in [0.2, 0.25) is 0 Å². The van der Waals surface area contributed by atoms with Crippen LogP contribution in [0, 0.1) is 0 Å². The lowest BCUT2D eigenvalue weighted by atomic mass is 10.00. The summed E-state index contributed by atoms with van der Waals surface area (Å²) in [7, 11) is 0. The van der Waals surface area contributed by atoms with Crippen LogP contribution in [0.4, 0.5) is 5.69 Å². The van der Waals surface area contributed by atoms with Gasteiger partial charge in [-0.05, 0) is 23.3 Å². The third-order valence-corrected chi connectivity index (χ3v) is 2.56. The van der Waals surface area contributed by atoms with Crippen molar-refractivity contribution in [2.75, 3.05) is 5.73 Å². The van der Waals surface area contributed by atoms with Gasteiger partial charge in [0, 0.05) is 11.3 Å². The molecule has 3 N–H and O–H groups in total. The predicted octanol–water partition coefficient (Wildman–Crippen LogP) is 2.56. The molecular formula is C14H13NO2. The van der Waals surface area contributed by atoms with Crippen LogP contribution in [-0.4, -0.2) is 11.1 Å². The van der Waals surface area contributed by atoms with Gasteiger partial charge in [-0.15, -0.1) is 0 Å². The second kappa shape index (κ2) is 4.70. The Bertz CT molecular complexity index is 535. The maximum atomic E-state index is 10.7. The lowest BCUT2D eigenvalue weighted by Crippen LogP contribution is -2.01. The van der Waals surface area contributed by atoms with E-state index in [-0.39, 0.29) is 6.42 Å². The number of anilines is 1. The Hall–Kier alpha value is -2.29. The first-order chi connectivity index (χ1) is 8.16. The summed E-state index contributed by atoms with van der Waals surface area (Å²) < 4.78 is 0. The smallest absolute Gasteiger partial charge is 0.307 e. The van der Waals surface area contributed by atoms with Crippen LogP contribution in [0.2, 0.25) is 0 Å². The Kier molecular flexibility index (Phi) is 3.10. The van der Waals surface area contributed by atoms with E-state index < -0.39 is 5.97 Å². The molecule has 0 spiro atoms. The van der Waals surface area contributed by atoms with E-state index in [1.807, 2.05) is 36.4 Å². The van der Waals surface area contributed by atoms with Crippen molar-refractivity contribution in [3.63, 3.8) is 0 Å². The fourth-order valence-electron chi connectivity index (χ4n) is 1.76. The number of hydrogen-bond donors (Lipinski definition) is 2. The van der Waals surface area contributed by atoms with E-state index in [0.29, 0.717) is 5.69 Å². The van der Waals surface area contributed by atoms with Gasteiger partial charge in [0.25, 0.3) is 0 Å². The average molecular weight is 227 g/mol. The minimum atomic E-state index is -0.839. The maximum Gasteiger partial charge on any atom is 0.307 e. The summed E-state index contributed by atoms with van der Waals surface area (Å²) in [5.41, 5.74) is 9.19. The molecule has 3 heteroatoms. The molecule has 0 aliphatic heterocycles. The van der Waals surface area contributed by atoms with E-state index in [0.717, 1.165) is 16.7 Å². The maximum absolute atomic E-state index is 10.7. The van der Waals surface area contributed by atoms with Gasteiger partial charge >= 0.3 is 5.97 Å². The van der Waals surface area contributed by atoms with Crippen LogP contribution in [-0.2, 0) is 11.2 Å². The quantitative estimate of drug-likeness (QED) is 0.792. The Morgan fingerprint density at radius 2 is 1.82 bits per heavy atom. The van der Waals surface area contributed by atoms with Gasteiger partial charge in [-0.3, -0.25) is 4.79 Å². The molecule has 0 aliphatic rings. The standard InChI is InChI=1S/C14H13NO2/c15-13-7-6-10(9-14(16)17)8-12(13)11-4-2-1-3-5-11/h1-8H,9,15H2,(H,16,17). The van der Waals surface area contributed by atoms with Crippen LogP contribution in [0.25, 0.3) is 11.1 Å². The molecule has 0 unspecified atom stereocenters. The van der Waals surface area contributed by atoms with Gasteiger partial charge in [0.1, 0.15) is 0 Å². The van der Waals surface area contributed by atoms with Gasteiger partial charge in [-0.1, -0.05) is 36.4 Å². The van der Waals surface area contributed by atoms with E-state index in [9.17, 15) is 4.79 Å². The van der Waals surface area contributed by atoms with Gasteiger partial charge in [0.05, 0.1) is 6.42 Å². The number of benzene rings is 2. The van der Waals surface area contributed by atoms with Gasteiger partial charge in [-0.2, -0.15) is 0 Å². The first-order valence-corrected chi connectivity index (χ1v) is 5.32. The summed E-state index contributed by atoms with van der Waals surface area (Å²) in [4.78, 5) is 10.7. The highest BCUT2D eigenvalue weighted by Gasteiger charge is 2.06. The number of hydrogen-bond acceptors (Lipinski definition) is 2. The van der Waals surface area contributed by atoms with Crippen LogP contribution in [0.15, 0.2) is 48.5 Å². The second-order valence-electron chi connectivity index (χ2n) is 3.86. The molecule has 3 nitrogen and oxygen atoms in total. The third-order valence-electron chi connectivity index (χ3n) is 2.56. The molecule has 0 radical (unpaired) electrons. The Morgan fingerprint density at radius 1 is 1.12 bits per heavy atom. The zero-order valence-electron chi connectivity index (χ0n) is 9.26. The van der Waals surface area contributed by atoms with Crippen molar-refractivity contribution in [1.82, 2.24) is 0 Å². The van der Waals surface area contributed by atoms with Crippen molar-refractivity contribution < 1.29 is 9.90 Å². The van der Waals surface area contributed by atoms with Crippen LogP contribution < -0.4 is 5.73 Å². The third kappa shape index (κ3) is 2.64. The Morgan fingerprint density at radius 3 is 2.47 bits per heavy atom. The highest BCUT2D eigenvalue weighted by Crippen LogP contribution is 2.26. The molecule has 2 aromatic rings. The second-order valence-corrected chi connectivity index (χ2v) is 3.86. The van der Waals surface area contributed by atoms with Crippen LogP contribution >= 0.6 is 0 Å². The number of nitrogen functional groups attached to an aromatic ring is 1. The van der Waals surface area contributed by atoms with E-state index in [2.05, 4.69) is 0 Å². The van der Waals surface area contributed by atoms with Crippen molar-refractivity contribution in [2.24, 2.45) is 0 Å². The molecule has 0 atom stereocenters. The molecule has 0 aliphatic carbocycles. The minimum absolute atomic E-state index is 0.0140. The Balaban J connectivity index is 2.43. The van der Waals surface area contributed by atoms with E-state index >= 15 is 0 Å². The molecule has 0 fully saturated rings. The topological polar surface area (TPSA) is 63.3 Å². The van der Waals surface area contributed by atoms with Crippen molar-refractivity contribution >= 4 is 11.7 Å². The molecule has 0 saturated carbocycles. The molecule has 2 aromatic carbocycles. The highest BCUT2D eigenvalue weighted by atomic mass is 16.4. The first-order valence-electron chi connectivity index (χ1n) is 5.32. The van der Waals surface area contributed by atoms with Gasteiger partial charge in [-0.25, -0.2) is 0 Å². The van der Waals surface area contributed by atoms with Crippen LogP contribution in [0.1, 0.15) is 5.56 Å². The van der Waals surface area contributed by atoms with E-state index in [1.165, 1.54) is 0 Å². The lowest BCUT2D eigenvalue weighted by Gasteiger charge is -2.07. The largest absolute Gasteiger partial charge is 0.481 e. The summed E-state index contributed by atoms with van der Waals surface area (Å²) in [6, 6.07) is 15.0. The predicted molar refractivity (Wildman–Crippen MR) is 67.6 cm³/mol. The number of carboxylic acids is 1. The average Bonchev–Trinajstić information content (AvgIpc) is 2.32. The van der Waals surface area contributed by atoms with Crippen LogP contribution in [0.3, 0.4) is 0 Å². The zero-order chi connectivity index (χ0) is 12.3. The fourth-order valence-corrected chi connectivity index (χ4v) is 1.76. The molecule has 0 bridgehead atoms. The normalized spacial score (nSPS) is 10.1. The molecule has 0 heterocycles. The number of carboxylic acid groups (broad SMARTS) is 1. The molecule has 0 aromatic heterocycles. The highest BCUT2D eigenvalue weighted by molar-refractivity contribution is 5.78. The van der Waals surface area contributed by atoms with Crippen LogP contribution in [0.5, 0.6) is 0 Å². The number of carbonyl (C=O) groups is 1. The summed E-state index contributed by atoms with van der Waals surface area (Å²) in [6.07, 6.45) is 0.0140. The van der Waals surface area contributed by atoms with E-state index in [4.69, 9.17) is 10.8 Å². The molecule has 2 rings (SSSR count). The lowest BCUT2D eigenvalue weighted by molar-refractivity contribution is -0.136. The summed E-state index contributed by atoms with van der Waals surface area (Å²) in [5, 5.41) is 8.77. The van der Waals surface area contributed by atoms with Crippen molar-refractivity contribution in [3.05, 3.63) is 54.1 Å². The Labute approximate surface area is 99.5 Å². The molecular weight excluding hydrogens is 214 g/mol. The number of aliphatic carboxylic acids is 1. The zero-order valence-corrected chi connectivity index (χ0v) is 9.26. The molecule has 17 heavy (non-hydrogen) atoms. The van der Waals surface area contributed by atoms with E-state index in [1.54, 1.807) is 12.1 Å². The first kappa shape index (κ1) is 11.2. The minimum Gasteiger partial charge on any atom is -0.481 e. The SMILES string of the molecule is Nc1ccc(CC(=O)O)cc1-c1ccccc1.